The first-order valence-corrected chi connectivity index (χ1v) is 14.8. The number of carbonyl (C=O) groups excluding carboxylic acids is 1. The summed E-state index contributed by atoms with van der Waals surface area (Å²) >= 11 is 0. The molecule has 41 heavy (non-hydrogen) atoms. The van der Waals surface area contributed by atoms with Gasteiger partial charge in [-0.05, 0) is 59.7 Å². The van der Waals surface area contributed by atoms with E-state index < -0.39 is 0 Å². The predicted octanol–water partition coefficient (Wildman–Crippen LogP) is 9.88. The minimum atomic E-state index is -0.109. The molecule has 2 aromatic carbocycles. The Hall–Kier alpha value is -2.75. The molecular formula is C36H44IrNO3-. The van der Waals surface area contributed by atoms with Gasteiger partial charge in [-0.25, -0.2) is 0 Å². The van der Waals surface area contributed by atoms with Crippen LogP contribution in [0.5, 0.6) is 0 Å². The predicted molar refractivity (Wildman–Crippen MR) is 166 cm³/mol. The van der Waals surface area contributed by atoms with E-state index in [0.29, 0.717) is 0 Å². The van der Waals surface area contributed by atoms with E-state index in [2.05, 4.69) is 58.0 Å². The normalized spacial score (nSPS) is 15.2. The Labute approximate surface area is 259 Å². The van der Waals surface area contributed by atoms with Crippen molar-refractivity contribution in [2.24, 2.45) is 11.8 Å². The number of nitrogens with zero attached hydrogens (tertiary/aromatic N) is 1. The Morgan fingerprint density at radius 1 is 0.927 bits per heavy atom. The Morgan fingerprint density at radius 3 is 2.20 bits per heavy atom. The van der Waals surface area contributed by atoms with Gasteiger partial charge in [-0.15, -0.1) is 17.7 Å². The number of furan rings is 1. The number of aliphatic hydroxyl groups excluding tert-OH is 1. The molecule has 1 aliphatic carbocycles. The SMILES string of the molecule is CC1(C)c2cccnc2-c2[c-]cc3c(oc4ccccc43)c2C1(C)C.CCC(CC)C(=O)/C=C(\O)C(CC)CC.[Ir]. The fourth-order valence-corrected chi connectivity index (χ4v) is 6.05. The third kappa shape index (κ3) is 5.81. The van der Waals surface area contributed by atoms with E-state index in [1.165, 1.54) is 17.2 Å². The number of para-hydroxylation sites is 1. The number of fused-ring (bicyclic) bond motifs is 7. The Balaban J connectivity index is 0.000000253. The van der Waals surface area contributed by atoms with Crippen molar-refractivity contribution in [3.8, 4) is 11.3 Å². The van der Waals surface area contributed by atoms with Gasteiger partial charge in [0.05, 0.1) is 11.3 Å². The van der Waals surface area contributed by atoms with E-state index >= 15 is 0 Å². The monoisotopic (exact) mass is 731 g/mol. The average molecular weight is 731 g/mol. The topological polar surface area (TPSA) is 63.3 Å². The number of rotatable bonds is 7. The van der Waals surface area contributed by atoms with Gasteiger partial charge in [0.25, 0.3) is 0 Å². The van der Waals surface area contributed by atoms with Gasteiger partial charge in [0, 0.05) is 44.2 Å². The summed E-state index contributed by atoms with van der Waals surface area (Å²) in [4.78, 5) is 16.4. The quantitative estimate of drug-likeness (QED) is 0.117. The van der Waals surface area contributed by atoms with Gasteiger partial charge >= 0.3 is 0 Å². The number of hydrogen-bond donors (Lipinski definition) is 1. The summed E-state index contributed by atoms with van der Waals surface area (Å²) in [6, 6.07) is 18.1. The van der Waals surface area contributed by atoms with Crippen molar-refractivity contribution in [3.05, 3.63) is 77.7 Å². The zero-order valence-electron chi connectivity index (χ0n) is 25.7. The average Bonchev–Trinajstić information content (AvgIpc) is 3.32. The first kappa shape index (κ1) is 32.8. The van der Waals surface area contributed by atoms with Crippen molar-refractivity contribution in [2.45, 2.75) is 91.9 Å². The van der Waals surface area contributed by atoms with Crippen LogP contribution in [0.2, 0.25) is 0 Å². The summed E-state index contributed by atoms with van der Waals surface area (Å²) in [5, 5.41) is 12.0. The Bertz CT molecular complexity index is 1540. The van der Waals surface area contributed by atoms with Crippen LogP contribution in [0.15, 0.2) is 64.9 Å². The maximum Gasteiger partial charge on any atom is 0.162 e. The summed E-state index contributed by atoms with van der Waals surface area (Å²) in [7, 11) is 0. The third-order valence-corrected chi connectivity index (χ3v) is 9.46. The zero-order chi connectivity index (χ0) is 29.2. The van der Waals surface area contributed by atoms with Crippen molar-refractivity contribution < 1.29 is 34.4 Å². The van der Waals surface area contributed by atoms with Crippen LogP contribution in [0.3, 0.4) is 0 Å². The molecule has 221 valence electrons. The van der Waals surface area contributed by atoms with Gasteiger partial charge in [-0.1, -0.05) is 96.2 Å². The molecule has 5 heteroatoms. The van der Waals surface area contributed by atoms with Crippen molar-refractivity contribution in [3.63, 3.8) is 0 Å². The number of aliphatic hydroxyl groups is 1. The molecule has 1 aliphatic rings. The first-order chi connectivity index (χ1) is 19.0. The summed E-state index contributed by atoms with van der Waals surface area (Å²) < 4.78 is 6.35. The van der Waals surface area contributed by atoms with E-state index in [1.807, 2.05) is 52.1 Å². The summed E-state index contributed by atoms with van der Waals surface area (Å²) in [6.45, 7) is 17.3. The van der Waals surface area contributed by atoms with Crippen LogP contribution in [0, 0.1) is 17.9 Å². The maximum absolute atomic E-state index is 11.7. The molecule has 0 spiro atoms. The zero-order valence-corrected chi connectivity index (χ0v) is 28.1. The molecule has 0 saturated carbocycles. The number of carbonyl (C=O) groups is 1. The first-order valence-electron chi connectivity index (χ1n) is 14.8. The van der Waals surface area contributed by atoms with Crippen LogP contribution in [-0.4, -0.2) is 15.9 Å². The van der Waals surface area contributed by atoms with E-state index in [0.717, 1.165) is 58.9 Å². The summed E-state index contributed by atoms with van der Waals surface area (Å²) in [5.41, 5.74) is 6.34. The Morgan fingerprint density at radius 2 is 1.56 bits per heavy atom. The van der Waals surface area contributed by atoms with Gasteiger partial charge in [-0.2, -0.15) is 0 Å². The molecule has 2 aromatic heterocycles. The smallest absolute Gasteiger partial charge is 0.162 e. The van der Waals surface area contributed by atoms with Crippen LogP contribution in [0.25, 0.3) is 33.2 Å². The second kappa shape index (κ2) is 13.0. The number of ketones is 1. The van der Waals surface area contributed by atoms with Gasteiger partial charge in [0.2, 0.25) is 0 Å². The van der Waals surface area contributed by atoms with E-state index in [1.54, 1.807) is 0 Å². The summed E-state index contributed by atoms with van der Waals surface area (Å²) in [6.07, 6.45) is 6.77. The molecule has 4 nitrogen and oxygen atoms in total. The number of hydrogen-bond acceptors (Lipinski definition) is 4. The minimum absolute atomic E-state index is 0. The largest absolute Gasteiger partial charge is 0.512 e. The van der Waals surface area contributed by atoms with Crippen LogP contribution in [0.4, 0.5) is 0 Å². The van der Waals surface area contributed by atoms with Crippen molar-refractivity contribution in [2.75, 3.05) is 0 Å². The van der Waals surface area contributed by atoms with Crippen LogP contribution < -0.4 is 0 Å². The van der Waals surface area contributed by atoms with Gasteiger partial charge < -0.3 is 14.5 Å². The molecule has 0 saturated heterocycles. The standard InChI is InChI=1S/C23H20NO.C13H24O2.Ir/c1-22(2)17-9-7-13-24-20(17)16-12-11-15-14-8-5-6-10-18(14)25-21(15)19(16)23(22,3)4;1-5-10(6-2)12(14)9-13(15)11(7-3)8-4;/h5-11,13H,1-4H3;9-11,14H,5-8H2,1-4H3;/q-1;;/b;12-9-;. The minimum Gasteiger partial charge on any atom is -0.512 e. The van der Waals surface area contributed by atoms with Gasteiger partial charge in [-0.3, -0.25) is 4.79 Å². The molecule has 1 radical (unpaired) electrons. The molecule has 2 heterocycles. The van der Waals surface area contributed by atoms with E-state index in [-0.39, 0.29) is 54.3 Å². The second-order valence-corrected chi connectivity index (χ2v) is 12.0. The maximum atomic E-state index is 11.7. The Kier molecular flexibility index (Phi) is 10.4. The molecule has 0 amide bonds. The molecule has 0 bridgehead atoms. The van der Waals surface area contributed by atoms with Crippen molar-refractivity contribution in [1.29, 1.82) is 0 Å². The molecule has 0 unspecified atom stereocenters. The number of benzene rings is 2. The number of allylic oxidation sites excluding steroid dienone is 2. The van der Waals surface area contributed by atoms with Crippen molar-refractivity contribution >= 4 is 27.7 Å². The van der Waals surface area contributed by atoms with Crippen molar-refractivity contribution in [1.82, 2.24) is 4.98 Å². The van der Waals surface area contributed by atoms with Crippen LogP contribution in [0.1, 0.15) is 92.2 Å². The number of pyridine rings is 1. The molecule has 0 fully saturated rings. The van der Waals surface area contributed by atoms with E-state index in [9.17, 15) is 9.90 Å². The van der Waals surface area contributed by atoms with Gasteiger partial charge in [0.1, 0.15) is 5.58 Å². The molecule has 0 atom stereocenters. The van der Waals surface area contributed by atoms with Gasteiger partial charge in [0.15, 0.2) is 5.78 Å². The van der Waals surface area contributed by atoms with E-state index in [4.69, 9.17) is 9.40 Å². The molecule has 4 aromatic rings. The summed E-state index contributed by atoms with van der Waals surface area (Å²) in [5.74, 6) is 0.547. The number of aromatic nitrogens is 1. The van der Waals surface area contributed by atoms with Crippen LogP contribution >= 0.6 is 0 Å². The fraction of sp³-hybridized carbons (Fsp3) is 0.444. The molecule has 0 aliphatic heterocycles. The molecular weight excluding hydrogens is 687 g/mol. The fourth-order valence-electron chi connectivity index (χ4n) is 6.05. The molecule has 5 rings (SSSR count). The molecule has 1 N–H and O–H groups in total. The third-order valence-electron chi connectivity index (χ3n) is 9.46. The second-order valence-electron chi connectivity index (χ2n) is 12.0. The van der Waals surface area contributed by atoms with Crippen LogP contribution in [-0.2, 0) is 35.7 Å².